The Bertz CT molecular complexity index is 704. The molecular formula is C17H19FN2O3. The maximum Gasteiger partial charge on any atom is 0.319 e. The van der Waals surface area contributed by atoms with Crippen LogP contribution >= 0.6 is 0 Å². The summed E-state index contributed by atoms with van der Waals surface area (Å²) in [6.07, 6.45) is 0. The monoisotopic (exact) mass is 318 g/mol. The summed E-state index contributed by atoms with van der Waals surface area (Å²) in [5.74, 6) is 0.853. The average molecular weight is 318 g/mol. The van der Waals surface area contributed by atoms with Crippen molar-refractivity contribution in [1.29, 1.82) is 0 Å². The molecule has 6 heteroatoms. The van der Waals surface area contributed by atoms with Gasteiger partial charge in [0.05, 0.1) is 14.2 Å². The molecule has 0 fully saturated rings. The second-order valence-corrected chi connectivity index (χ2v) is 4.96. The Hall–Kier alpha value is -2.76. The molecule has 0 aromatic heterocycles. The summed E-state index contributed by atoms with van der Waals surface area (Å²) >= 11 is 0. The molecule has 0 unspecified atom stereocenters. The summed E-state index contributed by atoms with van der Waals surface area (Å²) in [7, 11) is 3.11. The van der Waals surface area contributed by atoms with E-state index in [4.69, 9.17) is 9.47 Å². The van der Waals surface area contributed by atoms with Crippen LogP contribution in [0.15, 0.2) is 36.4 Å². The lowest BCUT2D eigenvalue weighted by molar-refractivity contribution is 0.251. The van der Waals surface area contributed by atoms with Crippen molar-refractivity contribution < 1.29 is 18.7 Å². The van der Waals surface area contributed by atoms with Crippen LogP contribution in [0, 0.1) is 12.7 Å². The molecule has 2 amide bonds. The van der Waals surface area contributed by atoms with E-state index >= 15 is 0 Å². The highest BCUT2D eigenvalue weighted by molar-refractivity contribution is 5.89. The number of hydrogen-bond acceptors (Lipinski definition) is 3. The van der Waals surface area contributed by atoms with E-state index in [1.165, 1.54) is 6.07 Å². The summed E-state index contributed by atoms with van der Waals surface area (Å²) in [5.41, 5.74) is 1.78. The van der Waals surface area contributed by atoms with Crippen LogP contribution in [0.4, 0.5) is 14.9 Å². The van der Waals surface area contributed by atoms with Crippen LogP contribution < -0.4 is 20.1 Å². The average Bonchev–Trinajstić information content (AvgIpc) is 2.56. The van der Waals surface area contributed by atoms with E-state index < -0.39 is 6.03 Å². The number of carbonyl (C=O) groups is 1. The summed E-state index contributed by atoms with van der Waals surface area (Å²) in [6.45, 7) is 1.97. The Kier molecular flexibility index (Phi) is 5.41. The quantitative estimate of drug-likeness (QED) is 0.887. The van der Waals surface area contributed by atoms with E-state index in [0.29, 0.717) is 29.3 Å². The molecule has 2 aromatic rings. The van der Waals surface area contributed by atoms with E-state index in [1.807, 2.05) is 6.07 Å². The molecule has 0 spiro atoms. The number of benzene rings is 2. The molecule has 0 bridgehead atoms. The molecule has 23 heavy (non-hydrogen) atoms. The zero-order valence-electron chi connectivity index (χ0n) is 13.3. The van der Waals surface area contributed by atoms with Crippen LogP contribution in [0.25, 0.3) is 0 Å². The van der Waals surface area contributed by atoms with Crippen LogP contribution in [-0.2, 0) is 6.54 Å². The van der Waals surface area contributed by atoms with Crippen LogP contribution in [0.2, 0.25) is 0 Å². The minimum absolute atomic E-state index is 0.306. The minimum atomic E-state index is -0.414. The highest BCUT2D eigenvalue weighted by atomic mass is 19.1. The van der Waals surface area contributed by atoms with E-state index in [9.17, 15) is 9.18 Å². The number of nitrogens with one attached hydrogen (secondary N) is 2. The molecule has 2 aromatic carbocycles. The summed E-state index contributed by atoms with van der Waals surface area (Å²) in [6, 6.07) is 9.50. The highest BCUT2D eigenvalue weighted by Gasteiger charge is 2.07. The van der Waals surface area contributed by atoms with Gasteiger partial charge in [-0.1, -0.05) is 12.1 Å². The van der Waals surface area contributed by atoms with Crippen molar-refractivity contribution in [1.82, 2.24) is 5.32 Å². The van der Waals surface area contributed by atoms with Gasteiger partial charge in [0.25, 0.3) is 0 Å². The van der Waals surface area contributed by atoms with Crippen molar-refractivity contribution in [2.75, 3.05) is 19.5 Å². The molecule has 0 radical (unpaired) electrons. The first-order valence-electron chi connectivity index (χ1n) is 7.05. The molecule has 5 nitrogen and oxygen atoms in total. The molecule has 0 saturated heterocycles. The number of halogens is 1. The van der Waals surface area contributed by atoms with Gasteiger partial charge in [-0.3, -0.25) is 0 Å². The number of anilines is 1. The molecule has 2 N–H and O–H groups in total. The number of methoxy groups -OCH3 is 2. The molecule has 0 aliphatic carbocycles. The van der Waals surface area contributed by atoms with Crippen molar-refractivity contribution in [2.24, 2.45) is 0 Å². The van der Waals surface area contributed by atoms with E-state index in [-0.39, 0.29) is 5.82 Å². The third-order valence-electron chi connectivity index (χ3n) is 3.33. The molecule has 2 rings (SSSR count). The molecule has 0 aliphatic heterocycles. The van der Waals surface area contributed by atoms with Crippen LogP contribution in [-0.4, -0.2) is 20.3 Å². The summed E-state index contributed by atoms with van der Waals surface area (Å²) in [5, 5.41) is 5.29. The Labute approximate surface area is 134 Å². The number of ether oxygens (including phenoxy) is 2. The fourth-order valence-electron chi connectivity index (χ4n) is 2.02. The number of carbonyl (C=O) groups excluding carboxylic acids is 1. The second-order valence-electron chi connectivity index (χ2n) is 4.96. The van der Waals surface area contributed by atoms with E-state index in [2.05, 4.69) is 10.6 Å². The normalized spacial score (nSPS) is 10.1. The van der Waals surface area contributed by atoms with Crippen molar-refractivity contribution in [3.05, 3.63) is 53.3 Å². The number of rotatable bonds is 5. The third-order valence-corrected chi connectivity index (χ3v) is 3.33. The SMILES string of the molecule is COc1ccc(CNC(=O)Nc2ccc(C)c(F)c2)cc1OC. The fraction of sp³-hybridized carbons (Fsp3) is 0.235. The first-order chi connectivity index (χ1) is 11.0. The summed E-state index contributed by atoms with van der Waals surface area (Å²) in [4.78, 5) is 11.9. The van der Waals surface area contributed by atoms with E-state index in [0.717, 1.165) is 5.56 Å². The lowest BCUT2D eigenvalue weighted by atomic mass is 10.2. The molecular weight excluding hydrogens is 299 g/mol. The maximum atomic E-state index is 13.4. The van der Waals surface area contributed by atoms with Crippen molar-refractivity contribution in [2.45, 2.75) is 13.5 Å². The van der Waals surface area contributed by atoms with Crippen molar-refractivity contribution in [3.63, 3.8) is 0 Å². The Morgan fingerprint density at radius 2 is 1.83 bits per heavy atom. The summed E-state index contributed by atoms with van der Waals surface area (Å²) < 4.78 is 23.8. The van der Waals surface area contributed by atoms with Crippen molar-refractivity contribution in [3.8, 4) is 11.5 Å². The first-order valence-corrected chi connectivity index (χ1v) is 7.05. The van der Waals surface area contributed by atoms with Gasteiger partial charge in [0.1, 0.15) is 5.82 Å². The number of urea groups is 1. The standard InChI is InChI=1S/C17H19FN2O3/c1-11-4-6-13(9-14(11)18)20-17(21)19-10-12-5-7-15(22-2)16(8-12)23-3/h4-9H,10H2,1-3H3,(H2,19,20,21). The number of amides is 2. The first kappa shape index (κ1) is 16.6. The number of aryl methyl sites for hydroxylation is 1. The van der Waals surface area contributed by atoms with Gasteiger partial charge in [-0.05, 0) is 42.3 Å². The van der Waals surface area contributed by atoms with Gasteiger partial charge in [-0.25, -0.2) is 9.18 Å². The van der Waals surface area contributed by atoms with Gasteiger partial charge in [-0.2, -0.15) is 0 Å². The predicted octanol–water partition coefficient (Wildman–Crippen LogP) is 3.47. The van der Waals surface area contributed by atoms with Gasteiger partial charge < -0.3 is 20.1 Å². The highest BCUT2D eigenvalue weighted by Crippen LogP contribution is 2.27. The van der Waals surface area contributed by atoms with Gasteiger partial charge in [0, 0.05) is 12.2 Å². The van der Waals surface area contributed by atoms with Crippen molar-refractivity contribution >= 4 is 11.7 Å². The predicted molar refractivity (Wildman–Crippen MR) is 86.5 cm³/mol. The lowest BCUT2D eigenvalue weighted by Crippen LogP contribution is -2.28. The Balaban J connectivity index is 1.95. The largest absolute Gasteiger partial charge is 0.493 e. The third kappa shape index (κ3) is 4.35. The Morgan fingerprint density at radius 1 is 1.09 bits per heavy atom. The van der Waals surface area contributed by atoms with Gasteiger partial charge in [0.15, 0.2) is 11.5 Å². The zero-order chi connectivity index (χ0) is 16.8. The lowest BCUT2D eigenvalue weighted by Gasteiger charge is -2.11. The zero-order valence-corrected chi connectivity index (χ0v) is 13.3. The Morgan fingerprint density at radius 3 is 2.48 bits per heavy atom. The van der Waals surface area contributed by atoms with Crippen LogP contribution in [0.1, 0.15) is 11.1 Å². The molecule has 0 heterocycles. The fourth-order valence-corrected chi connectivity index (χ4v) is 2.02. The van der Waals surface area contributed by atoms with Gasteiger partial charge in [-0.15, -0.1) is 0 Å². The van der Waals surface area contributed by atoms with E-state index in [1.54, 1.807) is 45.4 Å². The smallest absolute Gasteiger partial charge is 0.319 e. The molecule has 0 saturated carbocycles. The maximum absolute atomic E-state index is 13.4. The second kappa shape index (κ2) is 7.49. The number of hydrogen-bond donors (Lipinski definition) is 2. The van der Waals surface area contributed by atoms with Gasteiger partial charge >= 0.3 is 6.03 Å². The molecule has 122 valence electrons. The van der Waals surface area contributed by atoms with Crippen LogP contribution in [0.5, 0.6) is 11.5 Å². The molecule has 0 aliphatic rings. The molecule has 0 atom stereocenters. The topological polar surface area (TPSA) is 59.6 Å². The minimum Gasteiger partial charge on any atom is -0.493 e. The van der Waals surface area contributed by atoms with Gasteiger partial charge in [0.2, 0.25) is 0 Å². The van der Waals surface area contributed by atoms with Crippen LogP contribution in [0.3, 0.4) is 0 Å².